The van der Waals surface area contributed by atoms with E-state index in [9.17, 15) is 0 Å². The van der Waals surface area contributed by atoms with Gasteiger partial charge in [-0.25, -0.2) is 0 Å². The molecule has 3 nitrogen and oxygen atoms in total. The molecule has 0 bridgehead atoms. The summed E-state index contributed by atoms with van der Waals surface area (Å²) >= 11 is 0. The summed E-state index contributed by atoms with van der Waals surface area (Å²) in [6, 6.07) is 7.19. The number of benzene rings is 1. The van der Waals surface area contributed by atoms with Crippen molar-refractivity contribution >= 4 is 5.69 Å². The van der Waals surface area contributed by atoms with Gasteiger partial charge in [0.15, 0.2) is 0 Å². The van der Waals surface area contributed by atoms with Gasteiger partial charge in [-0.1, -0.05) is 12.1 Å². The normalized spacial score (nSPS) is 20.2. The predicted octanol–water partition coefficient (Wildman–Crippen LogP) is 2.12. The maximum Gasteiger partial charge on any atom is 0.0671 e. The minimum Gasteiger partial charge on any atom is -0.377 e. The Balaban J connectivity index is 2.19. The zero-order valence-corrected chi connectivity index (χ0v) is 11.7. The summed E-state index contributed by atoms with van der Waals surface area (Å²) < 4.78 is 5.63. The van der Waals surface area contributed by atoms with E-state index in [1.54, 1.807) is 0 Å². The van der Waals surface area contributed by atoms with E-state index in [0.29, 0.717) is 6.04 Å². The maximum absolute atomic E-state index is 5.63. The fourth-order valence-corrected chi connectivity index (χ4v) is 2.55. The van der Waals surface area contributed by atoms with Gasteiger partial charge < -0.3 is 15.0 Å². The van der Waals surface area contributed by atoms with Crippen LogP contribution in [0.4, 0.5) is 5.69 Å². The average Bonchev–Trinajstić information content (AvgIpc) is 2.39. The lowest BCUT2D eigenvalue weighted by Gasteiger charge is -2.38. The van der Waals surface area contributed by atoms with E-state index in [-0.39, 0.29) is 0 Å². The predicted molar refractivity (Wildman–Crippen MR) is 76.4 cm³/mol. The summed E-state index contributed by atoms with van der Waals surface area (Å²) in [6.07, 6.45) is 1.13. The highest BCUT2D eigenvalue weighted by Gasteiger charge is 2.23. The van der Waals surface area contributed by atoms with E-state index in [4.69, 9.17) is 4.74 Å². The molecule has 1 unspecified atom stereocenters. The van der Waals surface area contributed by atoms with E-state index in [1.165, 1.54) is 16.8 Å². The smallest absolute Gasteiger partial charge is 0.0671 e. The van der Waals surface area contributed by atoms with Gasteiger partial charge in [-0.05, 0) is 51.1 Å². The first-order valence-electron chi connectivity index (χ1n) is 6.78. The minimum absolute atomic E-state index is 0.492. The molecule has 1 aliphatic heterocycles. The standard InChI is InChI=1S/C15H24N2O/c1-12-4-5-13(2)15(10-12)17-8-9-18-11-14(17)6-7-16-3/h4-5,10,14,16H,6-9,11H2,1-3H3. The summed E-state index contributed by atoms with van der Waals surface area (Å²) in [5, 5.41) is 3.23. The molecule has 1 fully saturated rings. The molecule has 0 amide bonds. The van der Waals surface area contributed by atoms with Crippen molar-refractivity contribution in [1.29, 1.82) is 0 Å². The Hall–Kier alpha value is -1.06. The molecule has 100 valence electrons. The van der Waals surface area contributed by atoms with Gasteiger partial charge in [-0.3, -0.25) is 0 Å². The number of nitrogens with zero attached hydrogens (tertiary/aromatic N) is 1. The van der Waals surface area contributed by atoms with Crippen molar-refractivity contribution in [2.75, 3.05) is 38.3 Å². The molecular weight excluding hydrogens is 224 g/mol. The molecule has 0 aromatic heterocycles. The lowest BCUT2D eigenvalue weighted by Crippen LogP contribution is -2.47. The monoisotopic (exact) mass is 248 g/mol. The lowest BCUT2D eigenvalue weighted by molar-refractivity contribution is 0.0916. The van der Waals surface area contributed by atoms with Crippen LogP contribution in [-0.2, 0) is 4.74 Å². The fraction of sp³-hybridized carbons (Fsp3) is 0.600. The van der Waals surface area contributed by atoms with Crippen molar-refractivity contribution in [2.45, 2.75) is 26.3 Å². The van der Waals surface area contributed by atoms with Crippen molar-refractivity contribution in [2.24, 2.45) is 0 Å². The Kier molecular flexibility index (Phi) is 4.61. The molecule has 1 N–H and O–H groups in total. The van der Waals surface area contributed by atoms with Gasteiger partial charge in [-0.15, -0.1) is 0 Å². The number of morpholine rings is 1. The highest BCUT2D eigenvalue weighted by molar-refractivity contribution is 5.56. The Morgan fingerprint density at radius 3 is 3.00 bits per heavy atom. The van der Waals surface area contributed by atoms with Gasteiger partial charge in [-0.2, -0.15) is 0 Å². The van der Waals surface area contributed by atoms with Crippen molar-refractivity contribution in [3.63, 3.8) is 0 Å². The van der Waals surface area contributed by atoms with E-state index in [1.807, 2.05) is 7.05 Å². The average molecular weight is 248 g/mol. The Morgan fingerprint density at radius 1 is 1.39 bits per heavy atom. The summed E-state index contributed by atoms with van der Waals surface area (Å²) in [4.78, 5) is 2.52. The van der Waals surface area contributed by atoms with Crippen LogP contribution < -0.4 is 10.2 Å². The molecule has 1 saturated heterocycles. The third kappa shape index (κ3) is 3.03. The van der Waals surface area contributed by atoms with Crippen molar-refractivity contribution < 1.29 is 4.74 Å². The van der Waals surface area contributed by atoms with E-state index in [2.05, 4.69) is 42.3 Å². The number of nitrogens with one attached hydrogen (secondary N) is 1. The third-order valence-corrected chi connectivity index (χ3v) is 3.63. The molecule has 1 aromatic rings. The molecule has 3 heteroatoms. The Labute approximate surface area is 110 Å². The molecular formula is C15H24N2O. The topological polar surface area (TPSA) is 24.5 Å². The van der Waals surface area contributed by atoms with E-state index < -0.39 is 0 Å². The summed E-state index contributed by atoms with van der Waals surface area (Å²) in [5.74, 6) is 0. The van der Waals surface area contributed by atoms with Gasteiger partial charge in [0.2, 0.25) is 0 Å². The van der Waals surface area contributed by atoms with Crippen LogP contribution in [0.25, 0.3) is 0 Å². The van der Waals surface area contributed by atoms with Gasteiger partial charge in [0.1, 0.15) is 0 Å². The van der Waals surface area contributed by atoms with Crippen LogP contribution in [0.3, 0.4) is 0 Å². The van der Waals surface area contributed by atoms with Crippen molar-refractivity contribution in [3.8, 4) is 0 Å². The Bertz CT molecular complexity index is 392. The van der Waals surface area contributed by atoms with Crippen LogP contribution in [0.2, 0.25) is 0 Å². The number of rotatable bonds is 4. The molecule has 1 atom stereocenters. The van der Waals surface area contributed by atoms with Crippen LogP contribution in [0.1, 0.15) is 17.5 Å². The zero-order chi connectivity index (χ0) is 13.0. The summed E-state index contributed by atoms with van der Waals surface area (Å²) in [5.41, 5.74) is 4.06. The second-order valence-corrected chi connectivity index (χ2v) is 5.10. The maximum atomic E-state index is 5.63. The van der Waals surface area contributed by atoms with Crippen molar-refractivity contribution in [3.05, 3.63) is 29.3 Å². The first-order valence-corrected chi connectivity index (χ1v) is 6.78. The first kappa shape index (κ1) is 13.4. The van der Waals surface area contributed by atoms with Crippen LogP contribution in [-0.4, -0.2) is 39.4 Å². The van der Waals surface area contributed by atoms with Crippen LogP contribution in [0.15, 0.2) is 18.2 Å². The number of ether oxygens (including phenoxy) is 1. The van der Waals surface area contributed by atoms with Gasteiger partial charge in [0, 0.05) is 12.2 Å². The van der Waals surface area contributed by atoms with Gasteiger partial charge >= 0.3 is 0 Å². The molecule has 0 spiro atoms. The number of anilines is 1. The van der Waals surface area contributed by atoms with Gasteiger partial charge in [0.25, 0.3) is 0 Å². The second-order valence-electron chi connectivity index (χ2n) is 5.10. The second kappa shape index (κ2) is 6.21. The SMILES string of the molecule is CNCCC1COCCN1c1cc(C)ccc1C. The minimum atomic E-state index is 0.492. The lowest BCUT2D eigenvalue weighted by atomic mass is 10.1. The molecule has 0 aliphatic carbocycles. The molecule has 1 aromatic carbocycles. The molecule has 2 rings (SSSR count). The molecule has 18 heavy (non-hydrogen) atoms. The Morgan fingerprint density at radius 2 is 2.22 bits per heavy atom. The molecule has 0 saturated carbocycles. The third-order valence-electron chi connectivity index (χ3n) is 3.63. The summed E-state index contributed by atoms with van der Waals surface area (Å²) in [6.45, 7) is 8.07. The summed E-state index contributed by atoms with van der Waals surface area (Å²) in [7, 11) is 2.01. The fourth-order valence-electron chi connectivity index (χ4n) is 2.55. The molecule has 1 aliphatic rings. The largest absolute Gasteiger partial charge is 0.377 e. The van der Waals surface area contributed by atoms with E-state index >= 15 is 0 Å². The number of hydrogen-bond acceptors (Lipinski definition) is 3. The van der Waals surface area contributed by atoms with Crippen molar-refractivity contribution in [1.82, 2.24) is 5.32 Å². The van der Waals surface area contributed by atoms with Crippen LogP contribution in [0.5, 0.6) is 0 Å². The number of aryl methyl sites for hydroxylation is 2. The zero-order valence-electron chi connectivity index (χ0n) is 11.7. The quantitative estimate of drug-likeness (QED) is 0.883. The first-order chi connectivity index (χ1) is 8.72. The number of hydrogen-bond donors (Lipinski definition) is 1. The highest BCUT2D eigenvalue weighted by atomic mass is 16.5. The van der Waals surface area contributed by atoms with E-state index in [0.717, 1.165) is 32.7 Å². The van der Waals surface area contributed by atoms with Gasteiger partial charge in [0.05, 0.1) is 19.3 Å². The van der Waals surface area contributed by atoms with Crippen LogP contribution >= 0.6 is 0 Å². The molecule has 0 radical (unpaired) electrons. The van der Waals surface area contributed by atoms with Crippen LogP contribution in [0, 0.1) is 13.8 Å². The molecule has 1 heterocycles. The highest BCUT2D eigenvalue weighted by Crippen LogP contribution is 2.26.